The number of imidazole rings is 1. The zero-order chi connectivity index (χ0) is 12.3. The fourth-order valence-corrected chi connectivity index (χ4v) is 1.63. The SMILES string of the molecule is C=Cn1ccnc1C(O)c1ccc(OC)cc1. The van der Waals surface area contributed by atoms with Gasteiger partial charge >= 0.3 is 0 Å². The predicted octanol–water partition coefficient (Wildman–Crippen LogP) is 2.07. The number of nitrogens with zero attached hydrogens (tertiary/aromatic N) is 2. The smallest absolute Gasteiger partial charge is 0.146 e. The first-order chi connectivity index (χ1) is 8.26. The molecule has 0 amide bonds. The van der Waals surface area contributed by atoms with Crippen LogP contribution in [0.1, 0.15) is 17.5 Å². The zero-order valence-corrected chi connectivity index (χ0v) is 9.58. The Morgan fingerprint density at radius 2 is 2.12 bits per heavy atom. The highest BCUT2D eigenvalue weighted by Gasteiger charge is 2.15. The Labute approximate surface area is 99.8 Å². The van der Waals surface area contributed by atoms with E-state index >= 15 is 0 Å². The van der Waals surface area contributed by atoms with Gasteiger partial charge in [0.05, 0.1) is 7.11 Å². The Morgan fingerprint density at radius 3 is 2.71 bits per heavy atom. The second-order valence-electron chi connectivity index (χ2n) is 3.55. The third kappa shape index (κ3) is 2.21. The summed E-state index contributed by atoms with van der Waals surface area (Å²) in [7, 11) is 1.61. The summed E-state index contributed by atoms with van der Waals surface area (Å²) in [5.41, 5.74) is 0.764. The van der Waals surface area contributed by atoms with Crippen LogP contribution in [0.2, 0.25) is 0 Å². The van der Waals surface area contributed by atoms with Gasteiger partial charge in [-0.05, 0) is 17.7 Å². The van der Waals surface area contributed by atoms with Crippen LogP contribution in [0, 0.1) is 0 Å². The Balaban J connectivity index is 2.30. The molecule has 1 N–H and O–H groups in total. The van der Waals surface area contributed by atoms with Crippen LogP contribution in [-0.4, -0.2) is 21.8 Å². The van der Waals surface area contributed by atoms with Crippen LogP contribution in [0.5, 0.6) is 5.75 Å². The Hall–Kier alpha value is -2.07. The molecule has 17 heavy (non-hydrogen) atoms. The molecule has 1 atom stereocenters. The van der Waals surface area contributed by atoms with E-state index in [1.54, 1.807) is 42.4 Å². The highest BCUT2D eigenvalue weighted by atomic mass is 16.5. The van der Waals surface area contributed by atoms with E-state index in [1.165, 1.54) is 0 Å². The lowest BCUT2D eigenvalue weighted by Gasteiger charge is -2.11. The van der Waals surface area contributed by atoms with Crippen LogP contribution >= 0.6 is 0 Å². The van der Waals surface area contributed by atoms with Crippen LogP contribution in [0.15, 0.2) is 43.2 Å². The molecule has 1 heterocycles. The fraction of sp³-hybridized carbons (Fsp3) is 0.154. The number of aliphatic hydroxyl groups is 1. The largest absolute Gasteiger partial charge is 0.497 e. The number of aliphatic hydroxyl groups excluding tert-OH is 1. The molecule has 2 rings (SSSR count). The maximum atomic E-state index is 10.2. The topological polar surface area (TPSA) is 47.3 Å². The molecule has 0 saturated heterocycles. The lowest BCUT2D eigenvalue weighted by molar-refractivity contribution is 0.208. The fourth-order valence-electron chi connectivity index (χ4n) is 1.63. The number of benzene rings is 1. The molecule has 0 fully saturated rings. The highest BCUT2D eigenvalue weighted by molar-refractivity contribution is 5.32. The average molecular weight is 230 g/mol. The first-order valence-corrected chi connectivity index (χ1v) is 5.23. The molecule has 4 heteroatoms. The van der Waals surface area contributed by atoms with Crippen molar-refractivity contribution < 1.29 is 9.84 Å². The van der Waals surface area contributed by atoms with Crippen LogP contribution in [-0.2, 0) is 0 Å². The first-order valence-electron chi connectivity index (χ1n) is 5.23. The summed E-state index contributed by atoms with van der Waals surface area (Å²) in [5.74, 6) is 1.30. The molecule has 1 aromatic heterocycles. The monoisotopic (exact) mass is 230 g/mol. The Kier molecular flexibility index (Phi) is 3.25. The van der Waals surface area contributed by atoms with Crippen molar-refractivity contribution in [3.8, 4) is 5.75 Å². The van der Waals surface area contributed by atoms with Crippen molar-refractivity contribution >= 4 is 6.20 Å². The van der Waals surface area contributed by atoms with Gasteiger partial charge in [0.15, 0.2) is 0 Å². The number of methoxy groups -OCH3 is 1. The molecule has 0 aliphatic carbocycles. The number of hydrogen-bond acceptors (Lipinski definition) is 3. The molecule has 4 nitrogen and oxygen atoms in total. The van der Waals surface area contributed by atoms with Gasteiger partial charge < -0.3 is 14.4 Å². The van der Waals surface area contributed by atoms with Crippen molar-refractivity contribution in [1.82, 2.24) is 9.55 Å². The van der Waals surface area contributed by atoms with E-state index in [2.05, 4.69) is 11.6 Å². The summed E-state index contributed by atoms with van der Waals surface area (Å²) in [6, 6.07) is 7.23. The molecule has 1 unspecified atom stereocenters. The van der Waals surface area contributed by atoms with Crippen molar-refractivity contribution in [2.24, 2.45) is 0 Å². The minimum Gasteiger partial charge on any atom is -0.497 e. The van der Waals surface area contributed by atoms with E-state index in [0.717, 1.165) is 11.3 Å². The summed E-state index contributed by atoms with van der Waals surface area (Å²) in [5, 5.41) is 10.2. The lowest BCUT2D eigenvalue weighted by Crippen LogP contribution is -2.06. The second kappa shape index (κ2) is 4.84. The van der Waals surface area contributed by atoms with E-state index in [4.69, 9.17) is 4.74 Å². The van der Waals surface area contributed by atoms with Crippen LogP contribution in [0.4, 0.5) is 0 Å². The number of aromatic nitrogens is 2. The van der Waals surface area contributed by atoms with E-state index in [-0.39, 0.29) is 0 Å². The molecule has 88 valence electrons. The van der Waals surface area contributed by atoms with Gasteiger partial charge in [0.1, 0.15) is 17.7 Å². The normalized spacial score (nSPS) is 12.1. The molecule has 0 aliphatic rings. The van der Waals surface area contributed by atoms with Gasteiger partial charge in [-0.25, -0.2) is 4.98 Å². The van der Waals surface area contributed by atoms with Crippen LogP contribution in [0.3, 0.4) is 0 Å². The molecule has 0 aliphatic heterocycles. The molecule has 0 spiro atoms. The first kappa shape index (κ1) is 11.4. The summed E-state index contributed by atoms with van der Waals surface area (Å²) in [6.45, 7) is 3.66. The van der Waals surface area contributed by atoms with Crippen LogP contribution < -0.4 is 4.74 Å². The number of ether oxygens (including phenoxy) is 1. The minimum atomic E-state index is -0.770. The quantitative estimate of drug-likeness (QED) is 0.874. The summed E-state index contributed by atoms with van der Waals surface area (Å²) in [4.78, 5) is 4.12. The second-order valence-corrected chi connectivity index (χ2v) is 3.55. The van der Waals surface area contributed by atoms with Crippen molar-refractivity contribution in [1.29, 1.82) is 0 Å². The van der Waals surface area contributed by atoms with Gasteiger partial charge in [-0.1, -0.05) is 18.7 Å². The molecular formula is C13H14N2O2. The highest BCUT2D eigenvalue weighted by Crippen LogP contribution is 2.22. The summed E-state index contributed by atoms with van der Waals surface area (Å²) >= 11 is 0. The minimum absolute atomic E-state index is 0.546. The molecule has 0 saturated carbocycles. The summed E-state index contributed by atoms with van der Waals surface area (Å²) in [6.07, 6.45) is 4.21. The van der Waals surface area contributed by atoms with Gasteiger partial charge in [-0.2, -0.15) is 0 Å². The maximum absolute atomic E-state index is 10.2. The van der Waals surface area contributed by atoms with E-state index in [1.807, 2.05) is 12.1 Å². The molecule has 0 radical (unpaired) electrons. The zero-order valence-electron chi connectivity index (χ0n) is 9.58. The maximum Gasteiger partial charge on any atom is 0.146 e. The molecular weight excluding hydrogens is 216 g/mol. The average Bonchev–Trinajstić information content (AvgIpc) is 2.86. The third-order valence-corrected chi connectivity index (χ3v) is 2.57. The lowest BCUT2D eigenvalue weighted by atomic mass is 10.1. The van der Waals surface area contributed by atoms with Crippen molar-refractivity contribution in [2.45, 2.75) is 6.10 Å². The van der Waals surface area contributed by atoms with E-state index in [9.17, 15) is 5.11 Å². The molecule has 2 aromatic rings. The third-order valence-electron chi connectivity index (χ3n) is 2.57. The van der Waals surface area contributed by atoms with Gasteiger partial charge in [0.25, 0.3) is 0 Å². The van der Waals surface area contributed by atoms with Gasteiger partial charge in [-0.15, -0.1) is 0 Å². The van der Waals surface area contributed by atoms with E-state index < -0.39 is 6.10 Å². The van der Waals surface area contributed by atoms with Gasteiger partial charge in [-0.3, -0.25) is 0 Å². The Morgan fingerprint density at radius 1 is 1.41 bits per heavy atom. The number of hydrogen-bond donors (Lipinski definition) is 1. The predicted molar refractivity (Wildman–Crippen MR) is 65.7 cm³/mol. The van der Waals surface area contributed by atoms with E-state index in [0.29, 0.717) is 5.82 Å². The Bertz CT molecular complexity index is 502. The van der Waals surface area contributed by atoms with Crippen molar-refractivity contribution in [2.75, 3.05) is 7.11 Å². The molecule has 1 aromatic carbocycles. The van der Waals surface area contributed by atoms with Crippen molar-refractivity contribution in [3.63, 3.8) is 0 Å². The van der Waals surface area contributed by atoms with Gasteiger partial charge in [0, 0.05) is 18.6 Å². The summed E-state index contributed by atoms with van der Waals surface area (Å²) < 4.78 is 6.76. The van der Waals surface area contributed by atoms with Crippen molar-refractivity contribution in [3.05, 3.63) is 54.6 Å². The standard InChI is InChI=1S/C13H14N2O2/c1-3-15-9-8-14-13(15)12(16)10-4-6-11(17-2)7-5-10/h3-9,12,16H,1H2,2H3. The number of rotatable bonds is 4. The van der Waals surface area contributed by atoms with Gasteiger partial charge in [0.2, 0.25) is 0 Å². The molecule has 0 bridgehead atoms. The van der Waals surface area contributed by atoms with Crippen LogP contribution in [0.25, 0.3) is 6.20 Å².